The Bertz CT molecular complexity index is 878. The lowest BCUT2D eigenvalue weighted by Crippen LogP contribution is -2.32. The number of ketones is 1. The Hall–Kier alpha value is -2.96. The van der Waals surface area contributed by atoms with Crippen molar-refractivity contribution >= 4 is 29.7 Å². The Morgan fingerprint density at radius 2 is 1.90 bits per heavy atom. The fourth-order valence-electron chi connectivity index (χ4n) is 3.44. The molecule has 0 spiro atoms. The quantitative estimate of drug-likeness (QED) is 0.811. The molecular formula is C22H27N3O4. The van der Waals surface area contributed by atoms with Crippen molar-refractivity contribution in [1.82, 2.24) is 5.32 Å². The van der Waals surface area contributed by atoms with Crippen LogP contribution in [0, 0.1) is 11.8 Å². The molecule has 0 radical (unpaired) electrons. The maximum Gasteiger partial charge on any atom is 0.407 e. The highest BCUT2D eigenvalue weighted by molar-refractivity contribution is 6.14. The number of fused-ring (bicyclic) bond motifs is 1. The smallest absolute Gasteiger partial charge is 0.407 e. The second-order valence-electron chi connectivity index (χ2n) is 8.51. The second-order valence-corrected chi connectivity index (χ2v) is 8.51. The number of aliphatic imine (C=N–C) groups is 1. The summed E-state index contributed by atoms with van der Waals surface area (Å²) in [6, 6.07) is 7.10. The van der Waals surface area contributed by atoms with Crippen LogP contribution in [0.25, 0.3) is 0 Å². The summed E-state index contributed by atoms with van der Waals surface area (Å²) in [5.41, 5.74) is 1.68. The maximum atomic E-state index is 12.6. The van der Waals surface area contributed by atoms with E-state index in [1.54, 1.807) is 51.3 Å². The highest BCUT2D eigenvalue weighted by Gasteiger charge is 2.37. The van der Waals surface area contributed by atoms with Crippen LogP contribution in [0.1, 0.15) is 46.1 Å². The van der Waals surface area contributed by atoms with Crippen LogP contribution in [-0.2, 0) is 20.9 Å². The largest absolute Gasteiger partial charge is 0.444 e. The van der Waals surface area contributed by atoms with E-state index in [2.05, 4.69) is 22.5 Å². The highest BCUT2D eigenvalue weighted by Crippen LogP contribution is 2.36. The molecule has 1 heterocycles. The van der Waals surface area contributed by atoms with E-state index in [0.717, 1.165) is 12.0 Å². The van der Waals surface area contributed by atoms with Crippen molar-refractivity contribution in [3.05, 3.63) is 41.1 Å². The zero-order valence-electron chi connectivity index (χ0n) is 17.2. The molecule has 2 aliphatic rings. The zero-order chi connectivity index (χ0) is 21.2. The number of nitrogens with one attached hydrogen (secondary N) is 2. The van der Waals surface area contributed by atoms with E-state index in [-0.39, 0.29) is 23.3 Å². The Morgan fingerprint density at radius 3 is 2.55 bits per heavy atom. The van der Waals surface area contributed by atoms with Crippen molar-refractivity contribution in [1.29, 1.82) is 0 Å². The van der Waals surface area contributed by atoms with Crippen LogP contribution in [0.15, 0.2) is 40.5 Å². The minimum Gasteiger partial charge on any atom is -0.444 e. The van der Waals surface area contributed by atoms with Gasteiger partial charge in [0, 0.05) is 36.4 Å². The Kier molecular flexibility index (Phi) is 5.86. The Labute approximate surface area is 170 Å². The number of allylic oxidation sites excluding steroid dienone is 1. The average Bonchev–Trinajstić information content (AvgIpc) is 3.09. The predicted octanol–water partition coefficient (Wildman–Crippen LogP) is 3.60. The number of hydrogen-bond acceptors (Lipinski definition) is 5. The SMILES string of the molecule is C[C@H]1CCC(=O)C2=C(C(=O)Nc3ccc(CNC(=O)OC(C)(C)C)cc3)N=CC21. The summed E-state index contributed by atoms with van der Waals surface area (Å²) < 4.78 is 5.20. The van der Waals surface area contributed by atoms with Crippen LogP contribution in [0.4, 0.5) is 10.5 Å². The molecule has 1 saturated carbocycles. The summed E-state index contributed by atoms with van der Waals surface area (Å²) >= 11 is 0. The van der Waals surface area contributed by atoms with Gasteiger partial charge in [0.05, 0.1) is 0 Å². The van der Waals surface area contributed by atoms with Crippen LogP contribution in [0.3, 0.4) is 0 Å². The fourth-order valence-corrected chi connectivity index (χ4v) is 3.44. The lowest BCUT2D eigenvalue weighted by molar-refractivity contribution is -0.118. The van der Waals surface area contributed by atoms with Gasteiger partial charge in [-0.1, -0.05) is 19.1 Å². The van der Waals surface area contributed by atoms with Crippen LogP contribution in [0.5, 0.6) is 0 Å². The number of Topliss-reactive ketones (excluding diaryl/α,β-unsaturated/α-hetero) is 1. The number of anilines is 1. The van der Waals surface area contributed by atoms with Gasteiger partial charge in [0.15, 0.2) is 5.78 Å². The molecule has 1 aliphatic heterocycles. The molecule has 1 aromatic carbocycles. The Morgan fingerprint density at radius 1 is 1.21 bits per heavy atom. The van der Waals surface area contributed by atoms with E-state index in [0.29, 0.717) is 30.1 Å². The molecule has 3 rings (SSSR count). The molecule has 154 valence electrons. The summed E-state index contributed by atoms with van der Waals surface area (Å²) in [5.74, 6) is -0.105. The molecule has 1 aromatic rings. The summed E-state index contributed by atoms with van der Waals surface area (Å²) in [7, 11) is 0. The second kappa shape index (κ2) is 8.19. The van der Waals surface area contributed by atoms with E-state index < -0.39 is 11.7 Å². The molecule has 2 N–H and O–H groups in total. The van der Waals surface area contributed by atoms with E-state index in [9.17, 15) is 14.4 Å². The number of hydrogen-bond donors (Lipinski definition) is 2. The number of benzene rings is 1. The van der Waals surface area contributed by atoms with E-state index >= 15 is 0 Å². The molecular weight excluding hydrogens is 370 g/mol. The van der Waals surface area contributed by atoms with Crippen molar-refractivity contribution in [3.63, 3.8) is 0 Å². The van der Waals surface area contributed by atoms with Gasteiger partial charge >= 0.3 is 6.09 Å². The third-order valence-corrected chi connectivity index (χ3v) is 4.96. The van der Waals surface area contributed by atoms with Gasteiger partial charge in [-0.2, -0.15) is 0 Å². The van der Waals surface area contributed by atoms with Crippen molar-refractivity contribution in [2.45, 2.75) is 52.7 Å². The number of carbonyl (C=O) groups excluding carboxylic acids is 3. The molecule has 1 unspecified atom stereocenters. The zero-order valence-corrected chi connectivity index (χ0v) is 17.2. The summed E-state index contributed by atoms with van der Waals surface area (Å²) in [6.45, 7) is 7.81. The molecule has 2 atom stereocenters. The minimum absolute atomic E-state index is 0.0133. The molecule has 1 aliphatic carbocycles. The number of ether oxygens (including phenoxy) is 1. The van der Waals surface area contributed by atoms with Crippen LogP contribution >= 0.6 is 0 Å². The first-order chi connectivity index (χ1) is 13.6. The van der Waals surface area contributed by atoms with E-state index in [1.165, 1.54) is 0 Å². The van der Waals surface area contributed by atoms with Gasteiger partial charge < -0.3 is 15.4 Å². The van der Waals surface area contributed by atoms with Crippen molar-refractivity contribution in [2.75, 3.05) is 5.32 Å². The minimum atomic E-state index is -0.548. The van der Waals surface area contributed by atoms with Crippen molar-refractivity contribution in [2.24, 2.45) is 16.8 Å². The van der Waals surface area contributed by atoms with Gasteiger partial charge in [0.2, 0.25) is 0 Å². The average molecular weight is 397 g/mol. The molecule has 0 aromatic heterocycles. The number of nitrogens with zero attached hydrogens (tertiary/aromatic N) is 1. The monoisotopic (exact) mass is 397 g/mol. The number of rotatable bonds is 4. The summed E-state index contributed by atoms with van der Waals surface area (Å²) in [5, 5.41) is 5.49. The standard InChI is InChI=1S/C22H27N3O4/c1-13-5-10-17(26)18-16(13)12-23-19(18)20(27)25-15-8-6-14(7-9-15)11-24-21(28)29-22(2,3)4/h6-9,12-13,16H,5,10-11H2,1-4H3,(H,24,28)(H,25,27)/t13-,16?/m0/s1. The van der Waals surface area contributed by atoms with Crippen LogP contribution < -0.4 is 10.6 Å². The third kappa shape index (κ3) is 5.10. The van der Waals surface area contributed by atoms with Gasteiger partial charge in [-0.25, -0.2) is 4.79 Å². The molecule has 7 nitrogen and oxygen atoms in total. The van der Waals surface area contributed by atoms with Gasteiger partial charge in [0.1, 0.15) is 11.3 Å². The van der Waals surface area contributed by atoms with E-state index in [4.69, 9.17) is 4.74 Å². The van der Waals surface area contributed by atoms with Crippen LogP contribution in [0.2, 0.25) is 0 Å². The number of carbonyl (C=O) groups is 3. The Balaban J connectivity index is 1.60. The summed E-state index contributed by atoms with van der Waals surface area (Å²) in [6.07, 6.45) is 2.53. The number of amides is 2. The first-order valence-corrected chi connectivity index (χ1v) is 9.83. The molecule has 2 amide bonds. The number of alkyl carbamates (subject to hydrolysis) is 1. The van der Waals surface area contributed by atoms with Gasteiger partial charge in [-0.05, 0) is 50.8 Å². The molecule has 7 heteroatoms. The maximum absolute atomic E-state index is 12.6. The predicted molar refractivity (Wildman–Crippen MR) is 111 cm³/mol. The molecule has 0 bridgehead atoms. The fraction of sp³-hybridized carbons (Fsp3) is 0.455. The third-order valence-electron chi connectivity index (χ3n) is 4.96. The van der Waals surface area contributed by atoms with Crippen molar-refractivity contribution < 1.29 is 19.1 Å². The lowest BCUT2D eigenvalue weighted by atomic mass is 9.77. The molecule has 1 fully saturated rings. The van der Waals surface area contributed by atoms with Crippen LogP contribution in [-0.4, -0.2) is 29.6 Å². The van der Waals surface area contributed by atoms with Gasteiger partial charge in [-0.3, -0.25) is 14.6 Å². The van der Waals surface area contributed by atoms with Gasteiger partial charge in [-0.15, -0.1) is 0 Å². The first kappa shape index (κ1) is 20.8. The van der Waals surface area contributed by atoms with Gasteiger partial charge in [0.25, 0.3) is 5.91 Å². The normalized spacial score (nSPS) is 21.0. The van der Waals surface area contributed by atoms with Crippen molar-refractivity contribution in [3.8, 4) is 0 Å². The summed E-state index contributed by atoms with van der Waals surface area (Å²) in [4.78, 5) is 40.9. The topological polar surface area (TPSA) is 96.9 Å². The van der Waals surface area contributed by atoms with E-state index in [1.807, 2.05) is 0 Å². The highest BCUT2D eigenvalue weighted by atomic mass is 16.6. The molecule has 29 heavy (non-hydrogen) atoms. The molecule has 0 saturated heterocycles. The first-order valence-electron chi connectivity index (χ1n) is 9.83. The lowest BCUT2D eigenvalue weighted by Gasteiger charge is -2.25.